The van der Waals surface area contributed by atoms with Gasteiger partial charge < -0.3 is 9.42 Å². The van der Waals surface area contributed by atoms with E-state index in [1.807, 2.05) is 11.0 Å². The third-order valence-electron chi connectivity index (χ3n) is 5.63. The molecule has 0 unspecified atom stereocenters. The van der Waals surface area contributed by atoms with Crippen LogP contribution in [0.25, 0.3) is 0 Å². The number of nitrogens with zero attached hydrogens (tertiary/aromatic N) is 3. The average molecular weight is 341 g/mol. The molecular weight excluding hydrogens is 321 g/mol. The molecule has 3 aliphatic rings. The van der Waals surface area contributed by atoms with Gasteiger partial charge in [0.05, 0.1) is 6.04 Å². The Morgan fingerprint density at radius 1 is 1.24 bits per heavy atom. The summed E-state index contributed by atoms with van der Waals surface area (Å²) < 4.78 is 19.3. The first-order valence-corrected chi connectivity index (χ1v) is 9.11. The molecule has 130 valence electrons. The van der Waals surface area contributed by atoms with E-state index in [1.54, 1.807) is 12.1 Å². The lowest BCUT2D eigenvalue weighted by molar-refractivity contribution is -0.133. The minimum absolute atomic E-state index is 0.00208. The molecule has 25 heavy (non-hydrogen) atoms. The van der Waals surface area contributed by atoms with Gasteiger partial charge in [0.15, 0.2) is 5.82 Å². The van der Waals surface area contributed by atoms with Gasteiger partial charge in [-0.05, 0) is 49.7 Å². The maximum atomic E-state index is 14.0. The summed E-state index contributed by atoms with van der Waals surface area (Å²) >= 11 is 0. The van der Waals surface area contributed by atoms with Crippen LogP contribution in [0.4, 0.5) is 4.39 Å². The summed E-state index contributed by atoms with van der Waals surface area (Å²) in [6.07, 6.45) is 4.76. The summed E-state index contributed by atoms with van der Waals surface area (Å²) in [7, 11) is 0. The molecule has 1 aromatic heterocycles. The molecule has 0 spiro atoms. The Hall–Kier alpha value is -2.24. The first-order valence-electron chi connectivity index (χ1n) is 9.11. The van der Waals surface area contributed by atoms with Crippen molar-refractivity contribution >= 4 is 5.91 Å². The van der Waals surface area contributed by atoms with E-state index < -0.39 is 0 Å². The van der Waals surface area contributed by atoms with Crippen molar-refractivity contribution in [1.29, 1.82) is 0 Å². The topological polar surface area (TPSA) is 59.2 Å². The van der Waals surface area contributed by atoms with E-state index >= 15 is 0 Å². The maximum absolute atomic E-state index is 14.0. The van der Waals surface area contributed by atoms with Crippen LogP contribution in [0.5, 0.6) is 0 Å². The Balaban J connectivity index is 1.32. The summed E-state index contributed by atoms with van der Waals surface area (Å²) in [5, 5.41) is 4.12. The van der Waals surface area contributed by atoms with Crippen LogP contribution in [0, 0.1) is 11.7 Å². The standard InChI is InChI=1S/C19H20FN3O2/c20-15-5-2-1-4-12(15)13-10-14(13)19(24)23-9-3-6-16(23)17-21-18(25-22-17)11-7-8-11/h1-2,4-5,11,13-14,16H,3,6-10H2/t13-,14-,16-/m1/s1. The van der Waals surface area contributed by atoms with E-state index in [9.17, 15) is 9.18 Å². The van der Waals surface area contributed by atoms with E-state index in [4.69, 9.17) is 4.52 Å². The Labute approximate surface area is 145 Å². The number of amides is 1. The molecule has 6 heteroatoms. The summed E-state index contributed by atoms with van der Waals surface area (Å²) in [4.78, 5) is 19.4. The molecule has 5 rings (SSSR count). The number of carbonyl (C=O) groups is 1. The van der Waals surface area contributed by atoms with Gasteiger partial charge in [-0.1, -0.05) is 23.4 Å². The summed E-state index contributed by atoms with van der Waals surface area (Å²) in [6, 6.07) is 6.67. The van der Waals surface area contributed by atoms with Gasteiger partial charge in [-0.15, -0.1) is 0 Å². The molecule has 3 atom stereocenters. The fraction of sp³-hybridized carbons (Fsp3) is 0.526. The van der Waals surface area contributed by atoms with Crippen LogP contribution in [-0.4, -0.2) is 27.5 Å². The van der Waals surface area contributed by atoms with Crippen LogP contribution in [0.1, 0.15) is 67.3 Å². The highest BCUT2D eigenvalue weighted by molar-refractivity contribution is 5.83. The Kier molecular flexibility index (Phi) is 3.40. The van der Waals surface area contributed by atoms with Crippen molar-refractivity contribution in [2.24, 2.45) is 5.92 Å². The number of aromatic nitrogens is 2. The van der Waals surface area contributed by atoms with Gasteiger partial charge in [-0.2, -0.15) is 4.98 Å². The van der Waals surface area contributed by atoms with E-state index in [0.29, 0.717) is 23.2 Å². The quantitative estimate of drug-likeness (QED) is 0.853. The minimum atomic E-state index is -0.215. The Morgan fingerprint density at radius 2 is 2.08 bits per heavy atom. The number of hydrogen-bond acceptors (Lipinski definition) is 4. The lowest BCUT2D eigenvalue weighted by Gasteiger charge is -2.22. The van der Waals surface area contributed by atoms with Crippen molar-refractivity contribution in [1.82, 2.24) is 15.0 Å². The number of hydrogen-bond donors (Lipinski definition) is 0. The zero-order valence-corrected chi connectivity index (χ0v) is 13.9. The van der Waals surface area contributed by atoms with Crippen LogP contribution in [-0.2, 0) is 4.79 Å². The molecule has 3 fully saturated rings. The van der Waals surface area contributed by atoms with Gasteiger partial charge in [0.1, 0.15) is 5.82 Å². The zero-order chi connectivity index (χ0) is 17.0. The number of benzene rings is 1. The Morgan fingerprint density at radius 3 is 2.88 bits per heavy atom. The molecule has 1 saturated heterocycles. The summed E-state index contributed by atoms with van der Waals surface area (Å²) in [6.45, 7) is 0.720. The molecule has 1 amide bonds. The normalized spacial score (nSPS) is 28.4. The number of carbonyl (C=O) groups excluding carboxylic acids is 1. The first-order chi connectivity index (χ1) is 12.2. The fourth-order valence-corrected chi connectivity index (χ4v) is 3.98. The fourth-order valence-electron chi connectivity index (χ4n) is 3.98. The van der Waals surface area contributed by atoms with Crippen molar-refractivity contribution in [2.75, 3.05) is 6.54 Å². The van der Waals surface area contributed by atoms with E-state index in [2.05, 4.69) is 10.1 Å². The van der Waals surface area contributed by atoms with Crippen LogP contribution in [0.15, 0.2) is 28.8 Å². The third kappa shape index (κ3) is 2.64. The number of rotatable bonds is 4. The van der Waals surface area contributed by atoms with Crippen molar-refractivity contribution in [2.45, 2.75) is 50.0 Å². The van der Waals surface area contributed by atoms with Gasteiger partial charge >= 0.3 is 0 Å². The first kappa shape index (κ1) is 15.0. The van der Waals surface area contributed by atoms with Crippen molar-refractivity contribution < 1.29 is 13.7 Å². The van der Waals surface area contributed by atoms with Crippen LogP contribution in [0.2, 0.25) is 0 Å². The molecule has 0 radical (unpaired) electrons. The van der Waals surface area contributed by atoms with Crippen LogP contribution in [0.3, 0.4) is 0 Å². The summed E-state index contributed by atoms with van der Waals surface area (Å²) in [5.41, 5.74) is 0.659. The molecule has 2 aliphatic carbocycles. The zero-order valence-electron chi connectivity index (χ0n) is 13.9. The average Bonchev–Trinajstić information content (AvgIpc) is 3.52. The van der Waals surface area contributed by atoms with Crippen LogP contribution < -0.4 is 0 Å². The molecule has 2 heterocycles. The third-order valence-corrected chi connectivity index (χ3v) is 5.63. The van der Waals surface area contributed by atoms with Crippen molar-refractivity contribution in [3.05, 3.63) is 47.4 Å². The number of likely N-dealkylation sites (tertiary alicyclic amines) is 1. The van der Waals surface area contributed by atoms with E-state index in [1.165, 1.54) is 6.07 Å². The second-order valence-corrected chi connectivity index (χ2v) is 7.42. The lowest BCUT2D eigenvalue weighted by atomic mass is 10.1. The predicted octanol–water partition coefficient (Wildman–Crippen LogP) is 3.55. The Bertz CT molecular complexity index is 817. The minimum Gasteiger partial charge on any atom is -0.339 e. The molecule has 5 nitrogen and oxygen atoms in total. The molecule has 1 aliphatic heterocycles. The smallest absolute Gasteiger partial charge is 0.229 e. The summed E-state index contributed by atoms with van der Waals surface area (Å²) in [5.74, 6) is 1.54. The van der Waals surface area contributed by atoms with Gasteiger partial charge in [0, 0.05) is 18.4 Å². The highest BCUT2D eigenvalue weighted by Gasteiger charge is 2.49. The van der Waals surface area contributed by atoms with E-state index in [0.717, 1.165) is 38.6 Å². The van der Waals surface area contributed by atoms with Crippen molar-refractivity contribution in [3.63, 3.8) is 0 Å². The van der Waals surface area contributed by atoms with E-state index in [-0.39, 0.29) is 29.6 Å². The molecular formula is C19H20FN3O2. The van der Waals surface area contributed by atoms with Crippen molar-refractivity contribution in [3.8, 4) is 0 Å². The van der Waals surface area contributed by atoms with Gasteiger partial charge in [0.25, 0.3) is 0 Å². The predicted molar refractivity (Wildman–Crippen MR) is 87.2 cm³/mol. The molecule has 0 N–H and O–H groups in total. The van der Waals surface area contributed by atoms with Gasteiger partial charge in [-0.3, -0.25) is 4.79 Å². The van der Waals surface area contributed by atoms with Gasteiger partial charge in [0.2, 0.25) is 11.8 Å². The monoisotopic (exact) mass is 341 g/mol. The SMILES string of the molecule is O=C([C@@H]1C[C@@H]1c1ccccc1F)N1CCC[C@@H]1c1noc(C2CC2)n1. The second-order valence-electron chi connectivity index (χ2n) is 7.42. The molecule has 0 bridgehead atoms. The molecule has 2 aromatic rings. The van der Waals surface area contributed by atoms with Crippen LogP contribution >= 0.6 is 0 Å². The second kappa shape index (κ2) is 5.64. The molecule has 1 aromatic carbocycles. The largest absolute Gasteiger partial charge is 0.339 e. The number of halogens is 1. The highest BCUT2D eigenvalue weighted by Crippen LogP contribution is 2.50. The maximum Gasteiger partial charge on any atom is 0.229 e. The molecule has 2 saturated carbocycles. The highest BCUT2D eigenvalue weighted by atomic mass is 19.1. The van der Waals surface area contributed by atoms with Gasteiger partial charge in [-0.25, -0.2) is 4.39 Å². The lowest BCUT2D eigenvalue weighted by Crippen LogP contribution is -2.32.